The molecule has 0 unspecified atom stereocenters. The molecule has 0 saturated heterocycles. The van der Waals surface area contributed by atoms with Gasteiger partial charge in [-0.2, -0.15) is 5.10 Å². The zero-order valence-corrected chi connectivity index (χ0v) is 9.66. The Balaban J connectivity index is 2.33. The highest BCUT2D eigenvalue weighted by molar-refractivity contribution is 6.07. The Bertz CT molecular complexity index is 515. The van der Waals surface area contributed by atoms with Crippen molar-refractivity contribution < 1.29 is 4.79 Å². The molecular formula is C11H13N5O. The molecule has 1 amide bonds. The van der Waals surface area contributed by atoms with Crippen molar-refractivity contribution in [2.45, 2.75) is 0 Å². The van der Waals surface area contributed by atoms with Crippen LogP contribution in [0.2, 0.25) is 0 Å². The summed E-state index contributed by atoms with van der Waals surface area (Å²) in [5.74, 6) is 0.333. The Morgan fingerprint density at radius 1 is 1.47 bits per heavy atom. The molecule has 6 heteroatoms. The second kappa shape index (κ2) is 4.25. The normalized spacial score (nSPS) is 10.2. The lowest BCUT2D eigenvalue weighted by Gasteiger charge is -2.16. The van der Waals surface area contributed by atoms with Gasteiger partial charge in [0.2, 0.25) is 0 Å². The summed E-state index contributed by atoms with van der Waals surface area (Å²) in [7, 11) is 3.33. The molecule has 2 N–H and O–H groups in total. The fourth-order valence-corrected chi connectivity index (χ4v) is 1.53. The Morgan fingerprint density at radius 2 is 2.24 bits per heavy atom. The van der Waals surface area contributed by atoms with E-state index in [4.69, 9.17) is 5.73 Å². The number of carbonyl (C=O) groups excluding carboxylic acids is 1. The van der Waals surface area contributed by atoms with Crippen LogP contribution in [0.25, 0.3) is 0 Å². The molecule has 0 aliphatic rings. The van der Waals surface area contributed by atoms with Crippen molar-refractivity contribution in [3.8, 4) is 0 Å². The van der Waals surface area contributed by atoms with Crippen molar-refractivity contribution in [3.05, 3.63) is 36.3 Å². The van der Waals surface area contributed by atoms with Crippen LogP contribution in [0, 0.1) is 0 Å². The third-order valence-corrected chi connectivity index (χ3v) is 2.47. The van der Waals surface area contributed by atoms with Gasteiger partial charge in [0.15, 0.2) is 0 Å². The number of pyridine rings is 1. The number of rotatable bonds is 2. The largest absolute Gasteiger partial charge is 0.396 e. The van der Waals surface area contributed by atoms with Crippen LogP contribution in [0.3, 0.4) is 0 Å². The molecule has 0 saturated carbocycles. The van der Waals surface area contributed by atoms with Gasteiger partial charge in [-0.05, 0) is 12.1 Å². The van der Waals surface area contributed by atoms with Crippen LogP contribution in [0.15, 0.2) is 30.6 Å². The number of aryl methyl sites for hydroxylation is 1. The van der Waals surface area contributed by atoms with Crippen molar-refractivity contribution in [2.75, 3.05) is 17.7 Å². The molecule has 2 aromatic rings. The average molecular weight is 231 g/mol. The zero-order chi connectivity index (χ0) is 12.4. The van der Waals surface area contributed by atoms with Gasteiger partial charge in [0.05, 0.1) is 11.9 Å². The summed E-state index contributed by atoms with van der Waals surface area (Å²) in [4.78, 5) is 17.7. The predicted octanol–water partition coefficient (Wildman–Crippen LogP) is 0.674. The van der Waals surface area contributed by atoms with Crippen LogP contribution < -0.4 is 10.6 Å². The van der Waals surface area contributed by atoms with E-state index in [0.717, 1.165) is 0 Å². The second-order valence-electron chi connectivity index (χ2n) is 3.62. The van der Waals surface area contributed by atoms with E-state index < -0.39 is 0 Å². The van der Waals surface area contributed by atoms with Crippen molar-refractivity contribution in [1.82, 2.24) is 14.8 Å². The Morgan fingerprint density at radius 3 is 2.76 bits per heavy atom. The third kappa shape index (κ3) is 1.96. The molecule has 0 radical (unpaired) electrons. The zero-order valence-electron chi connectivity index (χ0n) is 9.66. The van der Waals surface area contributed by atoms with Gasteiger partial charge >= 0.3 is 0 Å². The van der Waals surface area contributed by atoms with Crippen LogP contribution >= 0.6 is 0 Å². The van der Waals surface area contributed by atoms with Crippen LogP contribution in [-0.4, -0.2) is 27.7 Å². The van der Waals surface area contributed by atoms with Crippen molar-refractivity contribution in [3.63, 3.8) is 0 Å². The highest BCUT2D eigenvalue weighted by atomic mass is 16.2. The molecule has 88 valence electrons. The van der Waals surface area contributed by atoms with E-state index in [0.29, 0.717) is 17.2 Å². The highest BCUT2D eigenvalue weighted by Gasteiger charge is 2.20. The molecular weight excluding hydrogens is 218 g/mol. The van der Waals surface area contributed by atoms with Crippen LogP contribution in [0.4, 0.5) is 11.5 Å². The lowest BCUT2D eigenvalue weighted by molar-refractivity contribution is 0.0984. The number of anilines is 2. The maximum atomic E-state index is 12.2. The van der Waals surface area contributed by atoms with Crippen LogP contribution in [-0.2, 0) is 7.05 Å². The van der Waals surface area contributed by atoms with E-state index in [-0.39, 0.29) is 5.91 Å². The smallest absolute Gasteiger partial charge is 0.279 e. The SMILES string of the molecule is CN(C(=O)c1c(N)cnn1C)c1ccccn1. The molecule has 6 nitrogen and oxygen atoms in total. The summed E-state index contributed by atoms with van der Waals surface area (Å²) < 4.78 is 1.46. The van der Waals surface area contributed by atoms with Gasteiger partial charge in [-0.1, -0.05) is 6.07 Å². The lowest BCUT2D eigenvalue weighted by Crippen LogP contribution is -2.29. The van der Waals surface area contributed by atoms with Gasteiger partial charge in [0, 0.05) is 20.3 Å². The first kappa shape index (κ1) is 11.1. The summed E-state index contributed by atoms with van der Waals surface area (Å²) in [5, 5.41) is 3.94. The summed E-state index contributed by atoms with van der Waals surface area (Å²) in [6.07, 6.45) is 3.09. The number of aromatic nitrogens is 3. The summed E-state index contributed by atoms with van der Waals surface area (Å²) in [6, 6.07) is 5.36. The number of nitrogens with zero attached hydrogens (tertiary/aromatic N) is 4. The first-order valence-corrected chi connectivity index (χ1v) is 5.08. The maximum absolute atomic E-state index is 12.2. The molecule has 17 heavy (non-hydrogen) atoms. The van der Waals surface area contributed by atoms with Crippen molar-refractivity contribution in [2.24, 2.45) is 7.05 Å². The molecule has 2 rings (SSSR count). The van der Waals surface area contributed by atoms with E-state index >= 15 is 0 Å². The number of hydrogen-bond donors (Lipinski definition) is 1. The van der Waals surface area contributed by atoms with Crippen LogP contribution in [0.5, 0.6) is 0 Å². The standard InChI is InChI=1S/C11H13N5O/c1-15(9-5-3-4-6-13-9)11(17)10-8(12)7-14-16(10)2/h3-7H,12H2,1-2H3. The van der Waals surface area contributed by atoms with Gasteiger partial charge in [0.25, 0.3) is 5.91 Å². The van der Waals surface area contributed by atoms with E-state index in [1.807, 2.05) is 6.07 Å². The Hall–Kier alpha value is -2.37. The molecule has 0 aromatic carbocycles. The van der Waals surface area contributed by atoms with Gasteiger partial charge in [-0.15, -0.1) is 0 Å². The minimum Gasteiger partial charge on any atom is -0.396 e. The minimum absolute atomic E-state index is 0.235. The minimum atomic E-state index is -0.235. The molecule has 0 aliphatic carbocycles. The molecule has 0 aliphatic heterocycles. The van der Waals surface area contributed by atoms with E-state index in [2.05, 4.69) is 10.1 Å². The number of nitrogen functional groups attached to an aromatic ring is 1. The fraction of sp³-hybridized carbons (Fsp3) is 0.182. The first-order chi connectivity index (χ1) is 8.11. The molecule has 2 heterocycles. The lowest BCUT2D eigenvalue weighted by atomic mass is 10.3. The molecule has 0 atom stereocenters. The number of nitrogens with two attached hydrogens (primary N) is 1. The molecule has 0 fully saturated rings. The van der Waals surface area contributed by atoms with E-state index in [9.17, 15) is 4.79 Å². The van der Waals surface area contributed by atoms with Gasteiger partial charge in [0.1, 0.15) is 11.5 Å². The fourth-order valence-electron chi connectivity index (χ4n) is 1.53. The Kier molecular flexibility index (Phi) is 2.78. The average Bonchev–Trinajstić information content (AvgIpc) is 2.68. The Labute approximate surface area is 98.7 Å². The molecule has 0 bridgehead atoms. The van der Waals surface area contributed by atoms with Gasteiger partial charge in [-0.3, -0.25) is 14.4 Å². The molecule has 0 spiro atoms. The van der Waals surface area contributed by atoms with Crippen LogP contribution in [0.1, 0.15) is 10.5 Å². The quantitative estimate of drug-likeness (QED) is 0.824. The predicted molar refractivity (Wildman–Crippen MR) is 64.6 cm³/mol. The van der Waals surface area contributed by atoms with Gasteiger partial charge < -0.3 is 5.73 Å². The highest BCUT2D eigenvalue weighted by Crippen LogP contribution is 2.15. The number of amides is 1. The monoisotopic (exact) mass is 231 g/mol. The number of hydrogen-bond acceptors (Lipinski definition) is 4. The van der Waals surface area contributed by atoms with Crippen molar-refractivity contribution >= 4 is 17.4 Å². The topological polar surface area (TPSA) is 77.0 Å². The summed E-state index contributed by atoms with van der Waals surface area (Å²) in [5.41, 5.74) is 6.43. The molecule has 2 aromatic heterocycles. The van der Waals surface area contributed by atoms with E-state index in [1.165, 1.54) is 15.8 Å². The van der Waals surface area contributed by atoms with Gasteiger partial charge in [-0.25, -0.2) is 4.98 Å². The number of carbonyl (C=O) groups is 1. The summed E-state index contributed by atoms with van der Waals surface area (Å²) in [6.45, 7) is 0. The maximum Gasteiger partial charge on any atom is 0.279 e. The third-order valence-electron chi connectivity index (χ3n) is 2.47. The van der Waals surface area contributed by atoms with E-state index in [1.54, 1.807) is 32.4 Å². The second-order valence-corrected chi connectivity index (χ2v) is 3.62. The first-order valence-electron chi connectivity index (χ1n) is 5.08. The van der Waals surface area contributed by atoms with Crippen molar-refractivity contribution in [1.29, 1.82) is 0 Å². The summed E-state index contributed by atoms with van der Waals surface area (Å²) >= 11 is 0.